The number of hydrogen-bond donors (Lipinski definition) is 1. The SMILES string of the molecule is COc1ccccc1NC(=O)C[C@@H](c1cccc(OC)c1OC)n1cccc1. The molecule has 2 aromatic carbocycles. The number of benzene rings is 2. The Morgan fingerprint density at radius 2 is 1.57 bits per heavy atom. The number of nitrogens with zero attached hydrogens (tertiary/aromatic N) is 1. The summed E-state index contributed by atoms with van der Waals surface area (Å²) in [7, 11) is 4.78. The fourth-order valence-electron chi connectivity index (χ4n) is 3.23. The quantitative estimate of drug-likeness (QED) is 0.638. The van der Waals surface area contributed by atoms with Crippen LogP contribution in [0.1, 0.15) is 18.0 Å². The van der Waals surface area contributed by atoms with Crippen LogP contribution in [0.25, 0.3) is 0 Å². The van der Waals surface area contributed by atoms with Crippen LogP contribution in [0, 0.1) is 0 Å². The van der Waals surface area contributed by atoms with E-state index in [9.17, 15) is 4.79 Å². The van der Waals surface area contributed by atoms with Crippen molar-refractivity contribution in [3.05, 3.63) is 72.6 Å². The molecule has 0 aliphatic rings. The Bertz CT molecular complexity index is 922. The highest BCUT2D eigenvalue weighted by atomic mass is 16.5. The van der Waals surface area contributed by atoms with Crippen LogP contribution in [0.15, 0.2) is 67.0 Å². The number of carbonyl (C=O) groups excluding carboxylic acids is 1. The predicted molar refractivity (Wildman–Crippen MR) is 108 cm³/mol. The molecular weight excluding hydrogens is 356 g/mol. The first-order chi connectivity index (χ1) is 13.7. The molecular formula is C22H24N2O4. The summed E-state index contributed by atoms with van der Waals surface area (Å²) in [5.74, 6) is 1.73. The van der Waals surface area contributed by atoms with E-state index in [-0.39, 0.29) is 18.4 Å². The average molecular weight is 380 g/mol. The average Bonchev–Trinajstić information content (AvgIpc) is 3.26. The Kier molecular flexibility index (Phi) is 6.22. The smallest absolute Gasteiger partial charge is 0.226 e. The largest absolute Gasteiger partial charge is 0.495 e. The highest BCUT2D eigenvalue weighted by Crippen LogP contribution is 2.38. The van der Waals surface area contributed by atoms with E-state index in [2.05, 4.69) is 5.32 Å². The van der Waals surface area contributed by atoms with E-state index >= 15 is 0 Å². The number of hydrogen-bond acceptors (Lipinski definition) is 4. The van der Waals surface area contributed by atoms with Gasteiger partial charge in [-0.25, -0.2) is 0 Å². The Balaban J connectivity index is 1.91. The van der Waals surface area contributed by atoms with E-state index in [0.29, 0.717) is 22.9 Å². The third-order valence-electron chi connectivity index (χ3n) is 4.54. The van der Waals surface area contributed by atoms with Crippen molar-refractivity contribution in [3.8, 4) is 17.2 Å². The minimum atomic E-state index is -0.255. The van der Waals surface area contributed by atoms with E-state index in [0.717, 1.165) is 5.56 Å². The number of amides is 1. The van der Waals surface area contributed by atoms with Crippen LogP contribution in [-0.2, 0) is 4.79 Å². The maximum absolute atomic E-state index is 12.9. The molecule has 28 heavy (non-hydrogen) atoms. The molecule has 1 N–H and O–H groups in total. The molecule has 0 spiro atoms. The number of para-hydroxylation sites is 3. The lowest BCUT2D eigenvalue weighted by Crippen LogP contribution is -2.20. The molecule has 0 bridgehead atoms. The van der Waals surface area contributed by atoms with Crippen molar-refractivity contribution in [1.29, 1.82) is 0 Å². The van der Waals surface area contributed by atoms with Gasteiger partial charge in [0.15, 0.2) is 11.5 Å². The number of ether oxygens (including phenoxy) is 3. The van der Waals surface area contributed by atoms with Crippen LogP contribution in [-0.4, -0.2) is 31.8 Å². The predicted octanol–water partition coefficient (Wildman–Crippen LogP) is 4.13. The molecule has 1 aromatic heterocycles. The molecule has 6 nitrogen and oxygen atoms in total. The lowest BCUT2D eigenvalue weighted by Gasteiger charge is -2.23. The van der Waals surface area contributed by atoms with Crippen LogP contribution in [0.3, 0.4) is 0 Å². The summed E-state index contributed by atoms with van der Waals surface area (Å²) in [4.78, 5) is 12.9. The fourth-order valence-corrected chi connectivity index (χ4v) is 3.23. The van der Waals surface area contributed by atoms with Gasteiger partial charge in [-0.1, -0.05) is 24.3 Å². The molecule has 1 heterocycles. The van der Waals surface area contributed by atoms with Gasteiger partial charge in [0.05, 0.1) is 39.5 Å². The van der Waals surface area contributed by atoms with Gasteiger partial charge in [0.2, 0.25) is 5.91 Å². The van der Waals surface area contributed by atoms with E-state index in [1.807, 2.05) is 71.6 Å². The molecule has 0 aliphatic heterocycles. The maximum atomic E-state index is 12.9. The van der Waals surface area contributed by atoms with Gasteiger partial charge in [0, 0.05) is 18.0 Å². The summed E-state index contributed by atoms with van der Waals surface area (Å²) >= 11 is 0. The summed E-state index contributed by atoms with van der Waals surface area (Å²) in [6, 6.07) is 16.6. The van der Waals surface area contributed by atoms with Gasteiger partial charge in [0.25, 0.3) is 0 Å². The molecule has 0 unspecified atom stereocenters. The fraction of sp³-hybridized carbons (Fsp3) is 0.227. The zero-order valence-electron chi connectivity index (χ0n) is 16.2. The normalized spacial score (nSPS) is 11.5. The molecule has 3 aromatic rings. The Morgan fingerprint density at radius 1 is 0.893 bits per heavy atom. The Labute approximate surface area is 164 Å². The van der Waals surface area contributed by atoms with E-state index in [1.165, 1.54) is 0 Å². The second-order valence-corrected chi connectivity index (χ2v) is 6.18. The lowest BCUT2D eigenvalue weighted by molar-refractivity contribution is -0.116. The summed E-state index contributed by atoms with van der Waals surface area (Å²) in [6.07, 6.45) is 4.08. The minimum absolute atomic E-state index is 0.131. The topological polar surface area (TPSA) is 61.7 Å². The van der Waals surface area contributed by atoms with Crippen LogP contribution >= 0.6 is 0 Å². The van der Waals surface area contributed by atoms with Crippen molar-refractivity contribution in [2.75, 3.05) is 26.6 Å². The summed E-state index contributed by atoms with van der Waals surface area (Å²) in [5.41, 5.74) is 1.51. The monoisotopic (exact) mass is 380 g/mol. The van der Waals surface area contributed by atoms with E-state index in [4.69, 9.17) is 14.2 Å². The van der Waals surface area contributed by atoms with E-state index in [1.54, 1.807) is 21.3 Å². The van der Waals surface area contributed by atoms with Crippen LogP contribution in [0.5, 0.6) is 17.2 Å². The van der Waals surface area contributed by atoms with Crippen LogP contribution in [0.2, 0.25) is 0 Å². The number of anilines is 1. The molecule has 1 atom stereocenters. The summed E-state index contributed by atoms with van der Waals surface area (Å²) in [6.45, 7) is 0. The van der Waals surface area contributed by atoms with Crippen molar-refractivity contribution < 1.29 is 19.0 Å². The van der Waals surface area contributed by atoms with Crippen molar-refractivity contribution in [2.45, 2.75) is 12.5 Å². The zero-order chi connectivity index (χ0) is 19.9. The second kappa shape index (κ2) is 8.99. The third-order valence-corrected chi connectivity index (χ3v) is 4.54. The highest BCUT2D eigenvalue weighted by Gasteiger charge is 2.23. The molecule has 0 aliphatic carbocycles. The number of carbonyl (C=O) groups is 1. The Morgan fingerprint density at radius 3 is 2.25 bits per heavy atom. The minimum Gasteiger partial charge on any atom is -0.495 e. The molecule has 146 valence electrons. The van der Waals surface area contributed by atoms with Crippen molar-refractivity contribution in [3.63, 3.8) is 0 Å². The third kappa shape index (κ3) is 4.11. The zero-order valence-corrected chi connectivity index (χ0v) is 16.2. The molecule has 3 rings (SSSR count). The number of rotatable bonds is 8. The van der Waals surface area contributed by atoms with Crippen LogP contribution in [0.4, 0.5) is 5.69 Å². The first-order valence-corrected chi connectivity index (χ1v) is 8.94. The first kappa shape index (κ1) is 19.4. The van der Waals surface area contributed by atoms with Gasteiger partial charge >= 0.3 is 0 Å². The summed E-state index contributed by atoms with van der Waals surface area (Å²) < 4.78 is 18.3. The van der Waals surface area contributed by atoms with Gasteiger partial charge in [-0.15, -0.1) is 0 Å². The van der Waals surface area contributed by atoms with Gasteiger partial charge in [-0.2, -0.15) is 0 Å². The van der Waals surface area contributed by atoms with Gasteiger partial charge < -0.3 is 24.1 Å². The maximum Gasteiger partial charge on any atom is 0.226 e. The van der Waals surface area contributed by atoms with Gasteiger partial charge in [-0.3, -0.25) is 4.79 Å². The van der Waals surface area contributed by atoms with Gasteiger partial charge in [-0.05, 0) is 30.3 Å². The highest BCUT2D eigenvalue weighted by molar-refractivity contribution is 5.92. The lowest BCUT2D eigenvalue weighted by atomic mass is 10.0. The van der Waals surface area contributed by atoms with Crippen molar-refractivity contribution in [1.82, 2.24) is 4.57 Å². The standard InChI is InChI=1S/C22H24N2O4/c1-26-19-11-5-4-10-17(19)23-21(25)15-18(24-13-6-7-14-24)16-9-8-12-20(27-2)22(16)28-3/h4-14,18H,15H2,1-3H3,(H,23,25)/t18-/m0/s1. The molecule has 0 fully saturated rings. The molecule has 6 heteroatoms. The van der Waals surface area contributed by atoms with Gasteiger partial charge in [0.1, 0.15) is 5.75 Å². The first-order valence-electron chi connectivity index (χ1n) is 8.94. The van der Waals surface area contributed by atoms with Crippen molar-refractivity contribution in [2.24, 2.45) is 0 Å². The van der Waals surface area contributed by atoms with Crippen molar-refractivity contribution >= 4 is 11.6 Å². The second-order valence-electron chi connectivity index (χ2n) is 6.18. The molecule has 1 amide bonds. The number of aromatic nitrogens is 1. The molecule has 0 saturated carbocycles. The van der Waals surface area contributed by atoms with Crippen LogP contribution < -0.4 is 19.5 Å². The van der Waals surface area contributed by atoms with E-state index < -0.39 is 0 Å². The molecule has 0 radical (unpaired) electrons. The Hall–Kier alpha value is -3.41. The molecule has 0 saturated heterocycles. The summed E-state index contributed by atoms with van der Waals surface area (Å²) in [5, 5.41) is 2.94. The number of nitrogens with one attached hydrogen (secondary N) is 1. The number of methoxy groups -OCH3 is 3.